The summed E-state index contributed by atoms with van der Waals surface area (Å²) in [4.78, 5) is 19.7. The van der Waals surface area contributed by atoms with E-state index in [1.807, 2.05) is 6.92 Å². The minimum Gasteiger partial charge on any atom is -0.379 e. The molecule has 17 heavy (non-hydrogen) atoms. The number of hydrogen-bond donors (Lipinski definition) is 1. The number of amides is 1. The molecular formula is C11H14ClN3O2. The number of nitrogens with one attached hydrogen (secondary N) is 1. The lowest BCUT2D eigenvalue weighted by Crippen LogP contribution is -2.51. The highest BCUT2D eigenvalue weighted by Crippen LogP contribution is 2.18. The Morgan fingerprint density at radius 2 is 2.41 bits per heavy atom. The number of hydrogen-bond acceptors (Lipinski definition) is 4. The van der Waals surface area contributed by atoms with Gasteiger partial charge in [-0.3, -0.25) is 9.78 Å². The molecule has 2 heterocycles. The molecule has 2 rings (SSSR count). The van der Waals surface area contributed by atoms with Gasteiger partial charge in [0.25, 0.3) is 5.91 Å². The number of ether oxygens (including phenoxy) is 1. The van der Waals surface area contributed by atoms with Crippen molar-refractivity contribution in [2.45, 2.75) is 25.3 Å². The van der Waals surface area contributed by atoms with E-state index in [2.05, 4.69) is 15.3 Å². The quantitative estimate of drug-likeness (QED) is 0.868. The maximum Gasteiger partial charge on any atom is 0.272 e. The zero-order chi connectivity index (χ0) is 12.3. The molecule has 0 bridgehead atoms. The molecule has 1 N–H and O–H groups in total. The highest BCUT2D eigenvalue weighted by Gasteiger charge is 2.30. The first kappa shape index (κ1) is 12.3. The van der Waals surface area contributed by atoms with Crippen LogP contribution < -0.4 is 5.32 Å². The first-order chi connectivity index (χ1) is 8.09. The zero-order valence-corrected chi connectivity index (χ0v) is 10.3. The van der Waals surface area contributed by atoms with Crippen molar-refractivity contribution in [3.05, 3.63) is 23.2 Å². The molecule has 6 heteroatoms. The normalized spacial score (nSPS) is 24.4. The minimum atomic E-state index is -0.334. The van der Waals surface area contributed by atoms with E-state index in [1.165, 1.54) is 12.4 Å². The lowest BCUT2D eigenvalue weighted by Gasteiger charge is -2.34. The highest BCUT2D eigenvalue weighted by atomic mass is 35.5. The molecule has 0 saturated carbocycles. The molecule has 0 radical (unpaired) electrons. The van der Waals surface area contributed by atoms with Gasteiger partial charge in [-0.25, -0.2) is 4.98 Å². The minimum absolute atomic E-state index is 0.211. The molecule has 1 atom stereocenters. The van der Waals surface area contributed by atoms with Crippen molar-refractivity contribution in [1.29, 1.82) is 0 Å². The molecule has 92 valence electrons. The third-order valence-corrected chi connectivity index (χ3v) is 2.87. The molecule has 0 spiro atoms. The number of aromatic nitrogens is 2. The Hall–Kier alpha value is -1.20. The van der Waals surface area contributed by atoms with Gasteiger partial charge in [-0.05, 0) is 19.8 Å². The number of halogens is 1. The van der Waals surface area contributed by atoms with Gasteiger partial charge in [0, 0.05) is 6.61 Å². The Morgan fingerprint density at radius 1 is 1.59 bits per heavy atom. The molecule has 1 aliphatic rings. The van der Waals surface area contributed by atoms with Crippen LogP contribution in [0.4, 0.5) is 0 Å². The van der Waals surface area contributed by atoms with Crippen LogP contribution in [-0.2, 0) is 4.74 Å². The highest BCUT2D eigenvalue weighted by molar-refractivity contribution is 6.29. The molecule has 0 aliphatic carbocycles. The largest absolute Gasteiger partial charge is 0.379 e. The van der Waals surface area contributed by atoms with Crippen LogP contribution in [0.3, 0.4) is 0 Å². The monoisotopic (exact) mass is 255 g/mol. The summed E-state index contributed by atoms with van der Waals surface area (Å²) in [6, 6.07) is 0. The number of carbonyl (C=O) groups excluding carboxylic acids is 1. The van der Waals surface area contributed by atoms with Crippen LogP contribution in [0.25, 0.3) is 0 Å². The van der Waals surface area contributed by atoms with E-state index in [1.54, 1.807) is 0 Å². The van der Waals surface area contributed by atoms with Crippen LogP contribution >= 0.6 is 11.6 Å². The van der Waals surface area contributed by atoms with E-state index in [0.29, 0.717) is 6.61 Å². The van der Waals surface area contributed by atoms with E-state index in [0.717, 1.165) is 19.4 Å². The van der Waals surface area contributed by atoms with E-state index in [9.17, 15) is 4.79 Å². The summed E-state index contributed by atoms with van der Waals surface area (Å²) < 4.78 is 5.37. The van der Waals surface area contributed by atoms with Gasteiger partial charge in [0.05, 0.1) is 24.5 Å². The summed E-state index contributed by atoms with van der Waals surface area (Å²) in [6.07, 6.45) is 4.63. The van der Waals surface area contributed by atoms with Gasteiger partial charge in [-0.15, -0.1) is 0 Å². The van der Waals surface area contributed by atoms with Gasteiger partial charge in [0.1, 0.15) is 10.8 Å². The van der Waals surface area contributed by atoms with E-state index in [4.69, 9.17) is 16.3 Å². The molecule has 1 aromatic rings. The predicted octanol–water partition coefficient (Wildman–Crippen LogP) is 1.43. The van der Waals surface area contributed by atoms with Crippen LogP contribution in [-0.4, -0.2) is 34.6 Å². The molecule has 1 aliphatic heterocycles. The van der Waals surface area contributed by atoms with Crippen molar-refractivity contribution in [3.8, 4) is 0 Å². The van der Waals surface area contributed by atoms with Crippen LogP contribution in [0.5, 0.6) is 0 Å². The molecule has 0 aromatic carbocycles. The van der Waals surface area contributed by atoms with Crippen molar-refractivity contribution in [1.82, 2.24) is 15.3 Å². The van der Waals surface area contributed by atoms with Gasteiger partial charge in [-0.2, -0.15) is 0 Å². The summed E-state index contributed by atoms with van der Waals surface area (Å²) in [5.41, 5.74) is -0.108. The van der Waals surface area contributed by atoms with Crippen molar-refractivity contribution >= 4 is 17.5 Å². The smallest absolute Gasteiger partial charge is 0.272 e. The molecule has 1 fully saturated rings. The molecule has 1 aromatic heterocycles. The van der Waals surface area contributed by atoms with Gasteiger partial charge in [0.2, 0.25) is 0 Å². The van der Waals surface area contributed by atoms with Crippen LogP contribution in [0.15, 0.2) is 12.4 Å². The SMILES string of the molecule is CC1(NC(=O)c2cncc(Cl)n2)CCCOC1. The standard InChI is InChI=1S/C11H14ClN3O2/c1-11(3-2-4-17-7-11)15-10(16)8-5-13-6-9(12)14-8/h5-6H,2-4,7H2,1H3,(H,15,16). The Bertz CT molecular complexity index is 419. The third-order valence-electron chi connectivity index (χ3n) is 2.69. The Balaban J connectivity index is 2.06. The summed E-state index contributed by atoms with van der Waals surface area (Å²) >= 11 is 5.69. The zero-order valence-electron chi connectivity index (χ0n) is 9.57. The number of nitrogens with zero attached hydrogens (tertiary/aromatic N) is 2. The second-order valence-electron chi connectivity index (χ2n) is 4.40. The van der Waals surface area contributed by atoms with E-state index >= 15 is 0 Å². The maximum absolute atomic E-state index is 11.9. The van der Waals surface area contributed by atoms with E-state index < -0.39 is 0 Å². The summed E-state index contributed by atoms with van der Waals surface area (Å²) in [5.74, 6) is -0.270. The molecule has 1 amide bonds. The fourth-order valence-electron chi connectivity index (χ4n) is 1.82. The van der Waals surface area contributed by atoms with Crippen LogP contribution in [0.1, 0.15) is 30.3 Å². The molecular weight excluding hydrogens is 242 g/mol. The van der Waals surface area contributed by atoms with Crippen LogP contribution in [0.2, 0.25) is 5.15 Å². The second kappa shape index (κ2) is 4.98. The summed E-state index contributed by atoms with van der Waals surface area (Å²) in [5, 5.41) is 3.12. The molecule has 1 saturated heterocycles. The predicted molar refractivity (Wildman–Crippen MR) is 63.0 cm³/mol. The number of carbonyl (C=O) groups is 1. The average molecular weight is 256 g/mol. The topological polar surface area (TPSA) is 64.1 Å². The van der Waals surface area contributed by atoms with Gasteiger partial charge in [0.15, 0.2) is 0 Å². The van der Waals surface area contributed by atoms with Gasteiger partial charge in [-0.1, -0.05) is 11.6 Å². The van der Waals surface area contributed by atoms with Crippen molar-refractivity contribution in [3.63, 3.8) is 0 Å². The first-order valence-corrected chi connectivity index (χ1v) is 5.85. The first-order valence-electron chi connectivity index (χ1n) is 5.47. The van der Waals surface area contributed by atoms with Crippen molar-refractivity contribution in [2.75, 3.05) is 13.2 Å². The van der Waals surface area contributed by atoms with Crippen LogP contribution in [0, 0.1) is 0 Å². The third kappa shape index (κ3) is 3.14. The van der Waals surface area contributed by atoms with Crippen molar-refractivity contribution in [2.24, 2.45) is 0 Å². The fourth-order valence-corrected chi connectivity index (χ4v) is 1.97. The maximum atomic E-state index is 11.9. The van der Waals surface area contributed by atoms with Gasteiger partial charge >= 0.3 is 0 Å². The number of rotatable bonds is 2. The summed E-state index contributed by atoms with van der Waals surface area (Å²) in [7, 11) is 0. The lowest BCUT2D eigenvalue weighted by atomic mass is 9.95. The molecule has 5 nitrogen and oxygen atoms in total. The Labute approximate surface area is 105 Å². The second-order valence-corrected chi connectivity index (χ2v) is 4.79. The molecule has 1 unspecified atom stereocenters. The lowest BCUT2D eigenvalue weighted by molar-refractivity contribution is 0.0271. The Morgan fingerprint density at radius 3 is 3.06 bits per heavy atom. The van der Waals surface area contributed by atoms with E-state index in [-0.39, 0.29) is 22.3 Å². The van der Waals surface area contributed by atoms with Crippen molar-refractivity contribution < 1.29 is 9.53 Å². The fraction of sp³-hybridized carbons (Fsp3) is 0.545. The van der Waals surface area contributed by atoms with Gasteiger partial charge < -0.3 is 10.1 Å². The summed E-state index contributed by atoms with van der Waals surface area (Å²) in [6.45, 7) is 3.23. The average Bonchev–Trinajstić information content (AvgIpc) is 2.29. The Kier molecular flexibility index (Phi) is 3.59.